The molecule has 1 heterocycles. The van der Waals surface area contributed by atoms with E-state index in [2.05, 4.69) is 50.0 Å². The van der Waals surface area contributed by atoms with Gasteiger partial charge < -0.3 is 5.73 Å². The lowest BCUT2D eigenvalue weighted by Gasteiger charge is -2.09. The zero-order valence-electron chi connectivity index (χ0n) is 11.0. The number of pyridine rings is 1. The van der Waals surface area contributed by atoms with Crippen LogP contribution in [0.5, 0.6) is 0 Å². The monoisotopic (exact) mass is 258 g/mol. The second-order valence-electron chi connectivity index (χ2n) is 4.54. The van der Waals surface area contributed by atoms with E-state index in [1.807, 2.05) is 6.20 Å². The minimum atomic E-state index is 0.544. The van der Waals surface area contributed by atoms with Gasteiger partial charge in [0.2, 0.25) is 0 Å². The van der Waals surface area contributed by atoms with E-state index in [4.69, 9.17) is 5.73 Å². The quantitative estimate of drug-likeness (QED) is 0.914. The van der Waals surface area contributed by atoms with Gasteiger partial charge in [0.15, 0.2) is 0 Å². The molecule has 0 aliphatic carbocycles. The average Bonchev–Trinajstić information content (AvgIpc) is 2.36. The Hall–Kier alpha value is -1.32. The predicted molar refractivity (Wildman–Crippen MR) is 76.9 cm³/mol. The van der Waals surface area contributed by atoms with Crippen LogP contribution in [-0.4, -0.2) is 4.98 Å². The molecule has 0 aliphatic heterocycles. The Kier molecular flexibility index (Phi) is 4.04. The lowest BCUT2D eigenvalue weighted by atomic mass is 10.2. The Balaban J connectivity index is 2.31. The van der Waals surface area contributed by atoms with Gasteiger partial charge in [0.1, 0.15) is 5.03 Å². The van der Waals surface area contributed by atoms with Crippen molar-refractivity contribution in [2.24, 2.45) is 5.73 Å². The van der Waals surface area contributed by atoms with Crippen molar-refractivity contribution in [3.63, 3.8) is 0 Å². The molecule has 18 heavy (non-hydrogen) atoms. The van der Waals surface area contributed by atoms with E-state index in [1.54, 1.807) is 11.8 Å². The Morgan fingerprint density at radius 3 is 2.56 bits per heavy atom. The maximum atomic E-state index is 5.62. The van der Waals surface area contributed by atoms with Crippen LogP contribution in [0, 0.1) is 20.8 Å². The van der Waals surface area contributed by atoms with E-state index in [9.17, 15) is 0 Å². The molecule has 1 aromatic heterocycles. The predicted octanol–water partition coefficient (Wildman–Crippen LogP) is 3.62. The van der Waals surface area contributed by atoms with Crippen LogP contribution in [0.2, 0.25) is 0 Å². The fraction of sp³-hybridized carbons (Fsp3) is 0.267. The molecule has 0 aliphatic rings. The number of benzene rings is 1. The number of rotatable bonds is 3. The Morgan fingerprint density at radius 1 is 1.11 bits per heavy atom. The number of aryl methyl sites for hydroxylation is 3. The summed E-state index contributed by atoms with van der Waals surface area (Å²) in [5.74, 6) is 0. The summed E-state index contributed by atoms with van der Waals surface area (Å²) in [5, 5.41) is 1.06. The first-order valence-electron chi connectivity index (χ1n) is 6.01. The molecule has 0 saturated heterocycles. The van der Waals surface area contributed by atoms with Crippen LogP contribution in [0.1, 0.15) is 22.3 Å². The van der Waals surface area contributed by atoms with Gasteiger partial charge in [-0.1, -0.05) is 30.0 Å². The standard InChI is InChI=1S/C15H18N2S/c1-10-4-5-11(2)14(6-10)18-15-12(3)7-13(8-16)9-17-15/h4-7,9H,8,16H2,1-3H3. The summed E-state index contributed by atoms with van der Waals surface area (Å²) in [5.41, 5.74) is 10.4. The molecule has 0 atom stereocenters. The molecule has 2 N–H and O–H groups in total. The van der Waals surface area contributed by atoms with Crippen LogP contribution < -0.4 is 5.73 Å². The molecule has 0 amide bonds. The number of nitrogens with two attached hydrogens (primary N) is 1. The number of hydrogen-bond acceptors (Lipinski definition) is 3. The van der Waals surface area contributed by atoms with Crippen molar-refractivity contribution >= 4 is 11.8 Å². The van der Waals surface area contributed by atoms with Crippen LogP contribution in [-0.2, 0) is 6.54 Å². The molecule has 2 nitrogen and oxygen atoms in total. The zero-order valence-corrected chi connectivity index (χ0v) is 11.8. The Labute approximate surface area is 113 Å². The first-order valence-corrected chi connectivity index (χ1v) is 6.82. The van der Waals surface area contributed by atoms with Crippen LogP contribution >= 0.6 is 11.8 Å². The molecular formula is C15H18N2S. The molecule has 2 rings (SSSR count). The molecule has 94 valence electrons. The summed E-state index contributed by atoms with van der Waals surface area (Å²) in [7, 11) is 0. The summed E-state index contributed by atoms with van der Waals surface area (Å²) in [6.07, 6.45) is 1.86. The summed E-state index contributed by atoms with van der Waals surface area (Å²) in [6.45, 7) is 6.87. The normalized spacial score (nSPS) is 10.7. The zero-order chi connectivity index (χ0) is 13.1. The smallest absolute Gasteiger partial charge is 0.104 e. The fourth-order valence-electron chi connectivity index (χ4n) is 1.76. The molecule has 2 aromatic rings. The van der Waals surface area contributed by atoms with E-state index in [-0.39, 0.29) is 0 Å². The van der Waals surface area contributed by atoms with E-state index in [0.29, 0.717) is 6.54 Å². The molecular weight excluding hydrogens is 240 g/mol. The molecule has 0 radical (unpaired) electrons. The number of aromatic nitrogens is 1. The Bertz CT molecular complexity index is 564. The molecule has 1 aromatic carbocycles. The minimum absolute atomic E-state index is 0.544. The van der Waals surface area contributed by atoms with Crippen molar-refractivity contribution in [3.05, 3.63) is 52.7 Å². The molecule has 0 bridgehead atoms. The Morgan fingerprint density at radius 2 is 1.89 bits per heavy atom. The highest BCUT2D eigenvalue weighted by molar-refractivity contribution is 7.99. The van der Waals surface area contributed by atoms with Crippen LogP contribution in [0.3, 0.4) is 0 Å². The van der Waals surface area contributed by atoms with Gasteiger partial charge in [-0.25, -0.2) is 4.98 Å². The second kappa shape index (κ2) is 5.55. The molecule has 0 fully saturated rings. The molecule has 3 heteroatoms. The lowest BCUT2D eigenvalue weighted by molar-refractivity contribution is 0.988. The van der Waals surface area contributed by atoms with Gasteiger partial charge in [0, 0.05) is 17.6 Å². The van der Waals surface area contributed by atoms with Gasteiger partial charge in [-0.15, -0.1) is 0 Å². The lowest BCUT2D eigenvalue weighted by Crippen LogP contribution is -1.98. The van der Waals surface area contributed by atoms with Gasteiger partial charge in [0.05, 0.1) is 0 Å². The highest BCUT2D eigenvalue weighted by atomic mass is 32.2. The third-order valence-corrected chi connectivity index (χ3v) is 4.15. The van der Waals surface area contributed by atoms with Crippen LogP contribution in [0.15, 0.2) is 40.4 Å². The average molecular weight is 258 g/mol. The minimum Gasteiger partial charge on any atom is -0.326 e. The van der Waals surface area contributed by atoms with Gasteiger partial charge in [-0.2, -0.15) is 0 Å². The van der Waals surface area contributed by atoms with Crippen LogP contribution in [0.25, 0.3) is 0 Å². The van der Waals surface area contributed by atoms with Crippen molar-refractivity contribution in [3.8, 4) is 0 Å². The highest BCUT2D eigenvalue weighted by Crippen LogP contribution is 2.31. The van der Waals surface area contributed by atoms with E-state index >= 15 is 0 Å². The van der Waals surface area contributed by atoms with E-state index < -0.39 is 0 Å². The largest absolute Gasteiger partial charge is 0.326 e. The van der Waals surface area contributed by atoms with Gasteiger partial charge >= 0.3 is 0 Å². The van der Waals surface area contributed by atoms with Crippen molar-refractivity contribution in [1.82, 2.24) is 4.98 Å². The second-order valence-corrected chi connectivity index (χ2v) is 5.57. The highest BCUT2D eigenvalue weighted by Gasteiger charge is 2.06. The molecule has 0 saturated carbocycles. The molecule has 0 spiro atoms. The first-order chi connectivity index (χ1) is 8.60. The van der Waals surface area contributed by atoms with E-state index in [0.717, 1.165) is 10.6 Å². The summed E-state index contributed by atoms with van der Waals surface area (Å²) in [4.78, 5) is 5.77. The van der Waals surface area contributed by atoms with E-state index in [1.165, 1.54) is 21.6 Å². The maximum absolute atomic E-state index is 5.62. The number of hydrogen-bond donors (Lipinski definition) is 1. The fourth-order valence-corrected chi connectivity index (χ4v) is 2.77. The van der Waals surface area contributed by atoms with Gasteiger partial charge in [-0.05, 0) is 49.1 Å². The third kappa shape index (κ3) is 2.92. The van der Waals surface area contributed by atoms with Crippen molar-refractivity contribution in [2.75, 3.05) is 0 Å². The summed E-state index contributed by atoms with van der Waals surface area (Å²) >= 11 is 1.72. The van der Waals surface area contributed by atoms with Crippen LogP contribution in [0.4, 0.5) is 0 Å². The van der Waals surface area contributed by atoms with Gasteiger partial charge in [0.25, 0.3) is 0 Å². The topological polar surface area (TPSA) is 38.9 Å². The third-order valence-electron chi connectivity index (χ3n) is 2.87. The summed E-state index contributed by atoms with van der Waals surface area (Å²) < 4.78 is 0. The van der Waals surface area contributed by atoms with Crippen molar-refractivity contribution in [2.45, 2.75) is 37.2 Å². The van der Waals surface area contributed by atoms with Crippen molar-refractivity contribution < 1.29 is 0 Å². The van der Waals surface area contributed by atoms with Crippen molar-refractivity contribution in [1.29, 1.82) is 0 Å². The molecule has 0 unspecified atom stereocenters. The SMILES string of the molecule is Cc1ccc(C)c(Sc2ncc(CN)cc2C)c1. The summed E-state index contributed by atoms with van der Waals surface area (Å²) in [6, 6.07) is 8.61. The first kappa shape index (κ1) is 13.1. The van der Waals surface area contributed by atoms with Gasteiger partial charge in [-0.3, -0.25) is 0 Å². The number of nitrogens with zero attached hydrogens (tertiary/aromatic N) is 1. The maximum Gasteiger partial charge on any atom is 0.104 e.